The molecule has 0 bridgehead atoms. The maximum Gasteiger partial charge on any atom is 0.433 e. The molecule has 4 rings (SSSR count). The molecule has 3 aromatic rings. The van der Waals surface area contributed by atoms with Crippen LogP contribution in [-0.4, -0.2) is 45.5 Å². The third kappa shape index (κ3) is 5.02. The van der Waals surface area contributed by atoms with Gasteiger partial charge in [0.15, 0.2) is 0 Å². The molecule has 8 nitrogen and oxygen atoms in total. The monoisotopic (exact) mass is 457 g/mol. The topological polar surface area (TPSA) is 95.9 Å². The molecule has 3 heterocycles. The van der Waals surface area contributed by atoms with Gasteiger partial charge in [0.05, 0.1) is 0 Å². The maximum absolute atomic E-state index is 12.9. The third-order valence-electron chi connectivity index (χ3n) is 5.31. The zero-order valence-corrected chi connectivity index (χ0v) is 18.0. The Morgan fingerprint density at radius 2 is 1.88 bits per heavy atom. The molecule has 0 unspecified atom stereocenters. The summed E-state index contributed by atoms with van der Waals surface area (Å²) in [7, 11) is 1.61. The summed E-state index contributed by atoms with van der Waals surface area (Å²) in [4.78, 5) is 30.3. The van der Waals surface area contributed by atoms with Crippen molar-refractivity contribution in [3.8, 4) is 11.1 Å². The van der Waals surface area contributed by atoms with Gasteiger partial charge < -0.3 is 15.5 Å². The number of halogens is 3. The molecule has 33 heavy (non-hydrogen) atoms. The number of aryl methyl sites for hydroxylation is 1. The summed E-state index contributed by atoms with van der Waals surface area (Å²) in [6.07, 6.45) is 1.47. The van der Waals surface area contributed by atoms with Gasteiger partial charge in [0.1, 0.15) is 11.7 Å². The van der Waals surface area contributed by atoms with Crippen LogP contribution in [0.15, 0.2) is 42.9 Å². The molecule has 0 radical (unpaired) electrons. The number of hydrogen-bond acceptors (Lipinski definition) is 7. The van der Waals surface area contributed by atoms with E-state index in [4.69, 9.17) is 0 Å². The van der Waals surface area contributed by atoms with E-state index in [1.54, 1.807) is 31.6 Å². The Bertz CT molecular complexity index is 1150. The maximum atomic E-state index is 12.9. The zero-order chi connectivity index (χ0) is 23.6. The molecule has 1 fully saturated rings. The molecular weight excluding hydrogens is 435 g/mol. The van der Waals surface area contributed by atoms with Crippen LogP contribution < -0.4 is 15.5 Å². The van der Waals surface area contributed by atoms with Crippen molar-refractivity contribution in [1.82, 2.24) is 25.3 Å². The number of carbonyl (C=O) groups is 1. The lowest BCUT2D eigenvalue weighted by Crippen LogP contribution is -2.42. The van der Waals surface area contributed by atoms with Crippen LogP contribution in [0.4, 0.5) is 30.8 Å². The second kappa shape index (κ2) is 9.00. The average Bonchev–Trinajstić information content (AvgIpc) is 3.28. The molecule has 2 aromatic heterocycles. The Morgan fingerprint density at radius 1 is 1.12 bits per heavy atom. The number of benzene rings is 1. The largest absolute Gasteiger partial charge is 0.433 e. The highest BCUT2D eigenvalue weighted by molar-refractivity contribution is 5.85. The first kappa shape index (κ1) is 22.4. The number of amides is 1. The van der Waals surface area contributed by atoms with E-state index in [0.29, 0.717) is 18.2 Å². The van der Waals surface area contributed by atoms with Crippen molar-refractivity contribution in [3.05, 3.63) is 54.1 Å². The Morgan fingerprint density at radius 3 is 2.58 bits per heavy atom. The molecule has 1 atom stereocenters. The molecule has 0 aliphatic carbocycles. The Hall–Kier alpha value is -3.76. The van der Waals surface area contributed by atoms with Crippen LogP contribution in [0.1, 0.15) is 24.1 Å². The van der Waals surface area contributed by atoms with E-state index < -0.39 is 11.9 Å². The highest BCUT2D eigenvalue weighted by Crippen LogP contribution is 2.30. The van der Waals surface area contributed by atoms with Crippen LogP contribution in [0.5, 0.6) is 0 Å². The van der Waals surface area contributed by atoms with Crippen LogP contribution in [-0.2, 0) is 11.0 Å². The fourth-order valence-electron chi connectivity index (χ4n) is 3.79. The first-order chi connectivity index (χ1) is 15.7. The number of alkyl halides is 3. The predicted octanol–water partition coefficient (Wildman–Crippen LogP) is 3.72. The van der Waals surface area contributed by atoms with Gasteiger partial charge in [-0.05, 0) is 49.1 Å². The number of anilines is 3. The Kier molecular flexibility index (Phi) is 6.12. The summed E-state index contributed by atoms with van der Waals surface area (Å²) < 4.78 is 38.8. The van der Waals surface area contributed by atoms with E-state index in [0.717, 1.165) is 41.8 Å². The standard InChI is InChI=1S/C22H22F3N7O/c1-13-8-14(10-16(9-13)30-20-27-6-5-18(31-20)22(23,24)25)15-11-28-21(29-12-15)32-7-3-4-17(32)19(33)26-2/h5-6,8-12,17H,3-4,7H2,1-2H3,(H,26,33)(H,27,30,31)/t17-/m0/s1. The van der Waals surface area contributed by atoms with E-state index in [1.807, 2.05) is 17.9 Å². The molecule has 0 spiro atoms. The number of nitrogens with one attached hydrogen (secondary N) is 2. The minimum Gasteiger partial charge on any atom is -0.357 e. The lowest BCUT2D eigenvalue weighted by atomic mass is 10.1. The lowest BCUT2D eigenvalue weighted by molar-refractivity contribution is -0.141. The second-order valence-corrected chi connectivity index (χ2v) is 7.71. The second-order valence-electron chi connectivity index (χ2n) is 7.71. The summed E-state index contributed by atoms with van der Waals surface area (Å²) in [5.74, 6) is 0.266. The van der Waals surface area contributed by atoms with Gasteiger partial charge in [-0.15, -0.1) is 0 Å². The van der Waals surface area contributed by atoms with E-state index in [2.05, 4.69) is 30.6 Å². The van der Waals surface area contributed by atoms with Gasteiger partial charge in [0, 0.05) is 43.4 Å². The fraction of sp³-hybridized carbons (Fsp3) is 0.318. The van der Waals surface area contributed by atoms with Gasteiger partial charge in [-0.1, -0.05) is 6.07 Å². The minimum atomic E-state index is -4.55. The Labute approximate surface area is 188 Å². The molecule has 0 saturated carbocycles. The van der Waals surface area contributed by atoms with Gasteiger partial charge >= 0.3 is 6.18 Å². The van der Waals surface area contributed by atoms with E-state index in [-0.39, 0.29) is 17.9 Å². The van der Waals surface area contributed by atoms with Crippen molar-refractivity contribution >= 4 is 23.5 Å². The van der Waals surface area contributed by atoms with Gasteiger partial charge in [-0.3, -0.25) is 4.79 Å². The van der Waals surface area contributed by atoms with Crippen LogP contribution in [0.3, 0.4) is 0 Å². The molecule has 2 N–H and O–H groups in total. The lowest BCUT2D eigenvalue weighted by Gasteiger charge is -2.23. The van der Waals surface area contributed by atoms with Crippen LogP contribution in [0, 0.1) is 6.92 Å². The summed E-state index contributed by atoms with van der Waals surface area (Å²) in [6.45, 7) is 2.57. The molecular formula is C22H22F3N7O. The number of likely N-dealkylation sites (N-methyl/N-ethyl adjacent to an activating group) is 1. The third-order valence-corrected chi connectivity index (χ3v) is 5.31. The van der Waals surface area contributed by atoms with E-state index in [1.165, 1.54) is 0 Å². The van der Waals surface area contributed by atoms with Crippen LogP contribution >= 0.6 is 0 Å². The van der Waals surface area contributed by atoms with Crippen molar-refractivity contribution in [3.63, 3.8) is 0 Å². The van der Waals surface area contributed by atoms with Crippen molar-refractivity contribution in [2.45, 2.75) is 32.0 Å². The minimum absolute atomic E-state index is 0.0635. The van der Waals surface area contributed by atoms with Crippen molar-refractivity contribution < 1.29 is 18.0 Å². The number of hydrogen-bond donors (Lipinski definition) is 2. The zero-order valence-electron chi connectivity index (χ0n) is 18.0. The summed E-state index contributed by atoms with van der Waals surface area (Å²) in [5, 5.41) is 5.50. The highest BCUT2D eigenvalue weighted by Gasteiger charge is 2.33. The van der Waals surface area contributed by atoms with Crippen LogP contribution in [0.2, 0.25) is 0 Å². The molecule has 11 heteroatoms. The van der Waals surface area contributed by atoms with Crippen molar-refractivity contribution in [2.75, 3.05) is 23.8 Å². The Balaban J connectivity index is 1.56. The molecule has 1 aliphatic rings. The number of carbonyl (C=O) groups excluding carboxylic acids is 1. The average molecular weight is 457 g/mol. The molecule has 1 amide bonds. The van der Waals surface area contributed by atoms with Gasteiger partial charge in [0.25, 0.3) is 0 Å². The SMILES string of the molecule is CNC(=O)[C@@H]1CCCN1c1ncc(-c2cc(C)cc(Nc3nccc(C(F)(F)F)n3)c2)cn1. The molecule has 172 valence electrons. The molecule has 1 aromatic carbocycles. The normalized spacial score (nSPS) is 16.0. The number of aromatic nitrogens is 4. The first-order valence-corrected chi connectivity index (χ1v) is 10.3. The smallest absolute Gasteiger partial charge is 0.357 e. The number of nitrogens with zero attached hydrogens (tertiary/aromatic N) is 5. The predicted molar refractivity (Wildman–Crippen MR) is 117 cm³/mol. The summed E-state index contributed by atoms with van der Waals surface area (Å²) in [6, 6.07) is 5.99. The highest BCUT2D eigenvalue weighted by atomic mass is 19.4. The molecule has 1 aliphatic heterocycles. The van der Waals surface area contributed by atoms with E-state index in [9.17, 15) is 18.0 Å². The quantitative estimate of drug-likeness (QED) is 0.603. The van der Waals surface area contributed by atoms with Gasteiger partial charge in [-0.25, -0.2) is 19.9 Å². The summed E-state index contributed by atoms with van der Waals surface area (Å²) >= 11 is 0. The van der Waals surface area contributed by atoms with E-state index >= 15 is 0 Å². The van der Waals surface area contributed by atoms with Gasteiger partial charge in [0.2, 0.25) is 17.8 Å². The van der Waals surface area contributed by atoms with Crippen LogP contribution in [0.25, 0.3) is 11.1 Å². The molecule has 1 saturated heterocycles. The van der Waals surface area contributed by atoms with Crippen molar-refractivity contribution in [2.24, 2.45) is 0 Å². The van der Waals surface area contributed by atoms with Crippen molar-refractivity contribution in [1.29, 1.82) is 0 Å². The number of rotatable bonds is 5. The van der Waals surface area contributed by atoms with Gasteiger partial charge in [-0.2, -0.15) is 13.2 Å². The fourth-order valence-corrected chi connectivity index (χ4v) is 3.79. The first-order valence-electron chi connectivity index (χ1n) is 10.3. The summed E-state index contributed by atoms with van der Waals surface area (Å²) in [5.41, 5.74) is 1.90.